The first-order valence-electron chi connectivity index (χ1n) is 9.20. The Labute approximate surface area is 177 Å². The summed E-state index contributed by atoms with van der Waals surface area (Å²) in [4.78, 5) is 22.0. The fourth-order valence-electron chi connectivity index (χ4n) is 2.97. The maximum Gasteiger partial charge on any atom is 0.267 e. The van der Waals surface area contributed by atoms with E-state index in [4.69, 9.17) is 0 Å². The highest BCUT2D eigenvalue weighted by Crippen LogP contribution is 2.29. The molecular formula is C21H20N6O2S. The molecule has 0 aliphatic carbocycles. The van der Waals surface area contributed by atoms with Gasteiger partial charge in [-0.05, 0) is 37.6 Å². The fraction of sp³-hybridized carbons (Fsp3) is 0.143. The summed E-state index contributed by atoms with van der Waals surface area (Å²) in [5.74, 6) is 0.480. The number of pyridine rings is 1. The molecule has 30 heavy (non-hydrogen) atoms. The summed E-state index contributed by atoms with van der Waals surface area (Å²) in [7, 11) is 1.85. The van der Waals surface area contributed by atoms with E-state index < -0.39 is 0 Å². The Morgan fingerprint density at radius 2 is 2.00 bits per heavy atom. The number of hydrogen-bond acceptors (Lipinski definition) is 7. The van der Waals surface area contributed by atoms with Gasteiger partial charge in [-0.1, -0.05) is 23.5 Å². The number of aromatic hydroxyl groups is 1. The number of rotatable bonds is 5. The van der Waals surface area contributed by atoms with Crippen molar-refractivity contribution in [3.05, 3.63) is 64.9 Å². The van der Waals surface area contributed by atoms with Crippen LogP contribution in [0.3, 0.4) is 0 Å². The van der Waals surface area contributed by atoms with Crippen LogP contribution in [0.4, 0.5) is 16.6 Å². The predicted molar refractivity (Wildman–Crippen MR) is 117 cm³/mol. The largest absolute Gasteiger partial charge is 0.508 e. The summed E-state index contributed by atoms with van der Waals surface area (Å²) in [5, 5.41) is 20.6. The summed E-state index contributed by atoms with van der Waals surface area (Å²) in [6.45, 7) is 3.64. The molecule has 8 nitrogen and oxygen atoms in total. The predicted octanol–water partition coefficient (Wildman–Crippen LogP) is 4.26. The number of anilines is 3. The highest BCUT2D eigenvalue weighted by Gasteiger charge is 2.15. The van der Waals surface area contributed by atoms with Crippen LogP contribution in [0.2, 0.25) is 0 Å². The van der Waals surface area contributed by atoms with Gasteiger partial charge in [0.25, 0.3) is 5.91 Å². The Kier molecular flexibility index (Phi) is 5.20. The average molecular weight is 420 g/mol. The van der Waals surface area contributed by atoms with Crippen molar-refractivity contribution in [2.75, 3.05) is 10.6 Å². The maximum absolute atomic E-state index is 12.7. The van der Waals surface area contributed by atoms with E-state index >= 15 is 0 Å². The lowest BCUT2D eigenvalue weighted by molar-refractivity contribution is 0.103. The Morgan fingerprint density at radius 1 is 1.17 bits per heavy atom. The van der Waals surface area contributed by atoms with Crippen LogP contribution in [-0.2, 0) is 7.05 Å². The first kappa shape index (κ1) is 19.6. The lowest BCUT2D eigenvalue weighted by Crippen LogP contribution is -2.12. The van der Waals surface area contributed by atoms with Crippen molar-refractivity contribution in [1.82, 2.24) is 19.7 Å². The van der Waals surface area contributed by atoms with Crippen LogP contribution in [0.25, 0.3) is 11.3 Å². The second-order valence-corrected chi connectivity index (χ2v) is 7.85. The van der Waals surface area contributed by atoms with Crippen molar-refractivity contribution < 1.29 is 9.90 Å². The quantitative estimate of drug-likeness (QED) is 0.446. The van der Waals surface area contributed by atoms with Gasteiger partial charge in [-0.25, -0.2) is 9.97 Å². The van der Waals surface area contributed by atoms with Crippen LogP contribution in [0.5, 0.6) is 5.75 Å². The molecule has 0 radical (unpaired) electrons. The van der Waals surface area contributed by atoms with E-state index in [9.17, 15) is 9.90 Å². The average Bonchev–Trinajstić information content (AvgIpc) is 3.37. The molecule has 0 spiro atoms. The molecule has 152 valence electrons. The van der Waals surface area contributed by atoms with Gasteiger partial charge < -0.3 is 15.7 Å². The van der Waals surface area contributed by atoms with Gasteiger partial charge >= 0.3 is 0 Å². The molecule has 4 rings (SSSR count). The zero-order chi connectivity index (χ0) is 21.3. The summed E-state index contributed by atoms with van der Waals surface area (Å²) >= 11 is 1.22. The number of phenols is 1. The molecule has 3 heterocycles. The van der Waals surface area contributed by atoms with Gasteiger partial charge in [0, 0.05) is 24.4 Å². The Hall–Kier alpha value is -3.72. The number of benzene rings is 1. The van der Waals surface area contributed by atoms with Gasteiger partial charge in [0.2, 0.25) is 0 Å². The van der Waals surface area contributed by atoms with Gasteiger partial charge in [-0.3, -0.25) is 9.48 Å². The van der Waals surface area contributed by atoms with Crippen molar-refractivity contribution in [2.24, 2.45) is 7.05 Å². The van der Waals surface area contributed by atoms with E-state index in [-0.39, 0.29) is 11.7 Å². The van der Waals surface area contributed by atoms with Crippen LogP contribution < -0.4 is 10.6 Å². The molecule has 0 unspecified atom stereocenters. The van der Waals surface area contributed by atoms with Gasteiger partial charge in [0.1, 0.15) is 16.4 Å². The highest BCUT2D eigenvalue weighted by atomic mass is 32.1. The molecule has 4 aromatic rings. The second-order valence-electron chi connectivity index (χ2n) is 6.82. The molecule has 9 heteroatoms. The number of aromatic nitrogens is 4. The zero-order valence-corrected chi connectivity index (χ0v) is 17.5. The molecule has 0 bridgehead atoms. The van der Waals surface area contributed by atoms with Crippen LogP contribution in [0.15, 0.2) is 48.9 Å². The Morgan fingerprint density at radius 3 is 2.77 bits per heavy atom. The van der Waals surface area contributed by atoms with Crippen LogP contribution in [0.1, 0.15) is 20.8 Å². The topological polar surface area (TPSA) is 105 Å². The number of carbonyl (C=O) groups excluding carboxylic acids is 1. The smallest absolute Gasteiger partial charge is 0.267 e. The monoisotopic (exact) mass is 420 g/mol. The fourth-order valence-corrected chi connectivity index (χ4v) is 3.69. The lowest BCUT2D eigenvalue weighted by atomic mass is 10.1. The number of nitrogens with zero attached hydrogens (tertiary/aromatic N) is 4. The number of amides is 1. The second kappa shape index (κ2) is 7.96. The van der Waals surface area contributed by atoms with Crippen molar-refractivity contribution in [2.45, 2.75) is 13.8 Å². The summed E-state index contributed by atoms with van der Waals surface area (Å²) in [6, 6.07) is 9.01. The highest BCUT2D eigenvalue weighted by molar-refractivity contribution is 7.17. The van der Waals surface area contributed by atoms with Crippen LogP contribution in [0, 0.1) is 13.8 Å². The zero-order valence-electron chi connectivity index (χ0n) is 16.7. The molecule has 0 aliphatic heterocycles. The van der Waals surface area contributed by atoms with E-state index in [1.807, 2.05) is 38.4 Å². The van der Waals surface area contributed by atoms with Crippen molar-refractivity contribution in [3.8, 4) is 17.0 Å². The molecule has 0 saturated carbocycles. The lowest BCUT2D eigenvalue weighted by Gasteiger charge is -2.11. The Balaban J connectivity index is 1.50. The number of phenolic OH excluding ortho intramolecular Hbond substituents is 1. The standard InChI is InChI=1S/C21H20N6O2S/c1-12-7-8-16(28)13(2)19(12)26-20(29)17-10-22-21(30-17)25-18-6-4-5-15(24-18)14-9-23-27(3)11-14/h4-11,28H,1-3H3,(H,26,29)(H,22,24,25). The van der Waals surface area contributed by atoms with Gasteiger partial charge in [0.15, 0.2) is 5.13 Å². The molecule has 0 saturated heterocycles. The number of aryl methyl sites for hydroxylation is 2. The van der Waals surface area contributed by atoms with Crippen LogP contribution in [-0.4, -0.2) is 30.8 Å². The van der Waals surface area contributed by atoms with E-state index in [1.165, 1.54) is 17.5 Å². The molecule has 0 aliphatic rings. The third-order valence-corrected chi connectivity index (χ3v) is 5.51. The van der Waals surface area contributed by atoms with Gasteiger partial charge in [0.05, 0.1) is 23.8 Å². The minimum absolute atomic E-state index is 0.141. The minimum Gasteiger partial charge on any atom is -0.508 e. The van der Waals surface area contributed by atoms with Crippen molar-refractivity contribution >= 4 is 33.9 Å². The molecule has 3 N–H and O–H groups in total. The minimum atomic E-state index is -0.283. The maximum atomic E-state index is 12.7. The first-order valence-corrected chi connectivity index (χ1v) is 10.0. The third-order valence-electron chi connectivity index (χ3n) is 4.60. The van der Waals surface area contributed by atoms with E-state index in [0.29, 0.717) is 27.1 Å². The molecular weight excluding hydrogens is 400 g/mol. The molecule has 1 aromatic carbocycles. The van der Waals surface area contributed by atoms with E-state index in [1.54, 1.807) is 29.9 Å². The normalized spacial score (nSPS) is 10.8. The van der Waals surface area contributed by atoms with Crippen molar-refractivity contribution in [1.29, 1.82) is 0 Å². The summed E-state index contributed by atoms with van der Waals surface area (Å²) in [5.41, 5.74) is 3.81. The Bertz CT molecular complexity index is 1230. The number of nitrogens with one attached hydrogen (secondary N) is 2. The number of hydrogen-bond donors (Lipinski definition) is 3. The molecule has 0 fully saturated rings. The van der Waals surface area contributed by atoms with Gasteiger partial charge in [-0.15, -0.1) is 0 Å². The van der Waals surface area contributed by atoms with E-state index in [2.05, 4.69) is 25.7 Å². The van der Waals surface area contributed by atoms with Gasteiger partial charge in [-0.2, -0.15) is 5.10 Å². The van der Waals surface area contributed by atoms with Crippen molar-refractivity contribution in [3.63, 3.8) is 0 Å². The SMILES string of the molecule is Cc1ccc(O)c(C)c1NC(=O)c1cnc(Nc2cccc(-c3cnn(C)c3)n2)s1. The summed E-state index contributed by atoms with van der Waals surface area (Å²) in [6.07, 6.45) is 5.16. The molecule has 3 aromatic heterocycles. The number of carbonyl (C=O) groups is 1. The number of thiazole rings is 1. The summed E-state index contributed by atoms with van der Waals surface area (Å²) < 4.78 is 1.72. The molecule has 1 amide bonds. The third kappa shape index (κ3) is 4.01. The van der Waals surface area contributed by atoms with E-state index in [0.717, 1.165) is 16.8 Å². The molecule has 0 atom stereocenters. The van der Waals surface area contributed by atoms with Crippen LogP contribution >= 0.6 is 11.3 Å². The first-order chi connectivity index (χ1) is 14.4.